The normalized spacial score (nSPS) is 13.0. The van der Waals surface area contributed by atoms with E-state index in [-0.39, 0.29) is 11.4 Å². The first-order chi connectivity index (χ1) is 9.84. The molecule has 0 aliphatic heterocycles. The van der Waals surface area contributed by atoms with E-state index in [0.29, 0.717) is 6.07 Å². The average Bonchev–Trinajstić information content (AvgIpc) is 2.45. The molecule has 0 fully saturated rings. The number of halogens is 4. The molecular formula is C14H11F4NO2. The zero-order valence-corrected chi connectivity index (χ0v) is 10.9. The summed E-state index contributed by atoms with van der Waals surface area (Å²) in [5, 5.41) is 10.2. The van der Waals surface area contributed by atoms with Crippen molar-refractivity contribution >= 4 is 0 Å². The first kappa shape index (κ1) is 15.2. The van der Waals surface area contributed by atoms with Gasteiger partial charge in [0.05, 0.1) is 12.7 Å². The molecule has 3 nitrogen and oxygen atoms in total. The molecule has 7 heteroatoms. The summed E-state index contributed by atoms with van der Waals surface area (Å²) in [6.07, 6.45) is -5.16. The summed E-state index contributed by atoms with van der Waals surface area (Å²) in [5.74, 6) is -0.895. The number of aliphatic hydroxyl groups excluding tert-OH is 1. The van der Waals surface area contributed by atoms with Gasteiger partial charge in [-0.2, -0.15) is 13.2 Å². The van der Waals surface area contributed by atoms with Crippen molar-refractivity contribution in [2.75, 3.05) is 7.11 Å². The van der Waals surface area contributed by atoms with Crippen molar-refractivity contribution < 1.29 is 27.4 Å². The minimum absolute atomic E-state index is 0.0721. The highest BCUT2D eigenvalue weighted by Crippen LogP contribution is 2.38. The SMILES string of the molecule is COc1cccnc1C(O)c1ccc(F)cc1C(F)(F)F. The van der Waals surface area contributed by atoms with Crippen molar-refractivity contribution in [3.63, 3.8) is 0 Å². The molecule has 1 heterocycles. The topological polar surface area (TPSA) is 42.4 Å². The van der Waals surface area contributed by atoms with Gasteiger partial charge in [0.1, 0.15) is 23.4 Å². The van der Waals surface area contributed by atoms with E-state index in [4.69, 9.17) is 4.74 Å². The first-order valence-electron chi connectivity index (χ1n) is 5.88. The van der Waals surface area contributed by atoms with Crippen LogP contribution in [0, 0.1) is 5.82 Å². The number of aliphatic hydroxyl groups is 1. The number of methoxy groups -OCH3 is 1. The first-order valence-corrected chi connectivity index (χ1v) is 5.88. The summed E-state index contributed by atoms with van der Waals surface area (Å²) in [7, 11) is 1.31. The van der Waals surface area contributed by atoms with Crippen LogP contribution < -0.4 is 4.74 Å². The second kappa shape index (κ2) is 5.69. The van der Waals surface area contributed by atoms with Gasteiger partial charge in [-0.1, -0.05) is 6.07 Å². The second-order valence-electron chi connectivity index (χ2n) is 4.22. The summed E-state index contributed by atoms with van der Waals surface area (Å²) < 4.78 is 56.9. The van der Waals surface area contributed by atoms with Crippen LogP contribution in [-0.4, -0.2) is 17.2 Å². The van der Waals surface area contributed by atoms with Crippen molar-refractivity contribution in [3.05, 3.63) is 59.2 Å². The molecule has 0 aliphatic carbocycles. The predicted octanol–water partition coefficient (Wildman–Crippen LogP) is 3.33. The standard InChI is InChI=1S/C14H11F4NO2/c1-21-11-3-2-6-19-12(11)13(20)9-5-4-8(15)7-10(9)14(16,17)18/h2-7,13,20H,1H3. The Morgan fingerprint density at radius 2 is 1.95 bits per heavy atom. The highest BCUT2D eigenvalue weighted by Gasteiger charge is 2.36. The van der Waals surface area contributed by atoms with Crippen LogP contribution in [-0.2, 0) is 6.18 Å². The fourth-order valence-corrected chi connectivity index (χ4v) is 1.94. The zero-order chi connectivity index (χ0) is 15.6. The number of nitrogens with zero attached hydrogens (tertiary/aromatic N) is 1. The summed E-state index contributed by atoms with van der Waals surface area (Å²) in [6.45, 7) is 0. The number of pyridine rings is 1. The van der Waals surface area contributed by atoms with E-state index in [0.717, 1.165) is 12.1 Å². The molecule has 0 bridgehead atoms. The Balaban J connectivity index is 2.56. The van der Waals surface area contributed by atoms with Crippen LogP contribution in [0.15, 0.2) is 36.5 Å². The number of alkyl halides is 3. The van der Waals surface area contributed by atoms with Gasteiger partial charge >= 0.3 is 6.18 Å². The number of hydrogen-bond acceptors (Lipinski definition) is 3. The third-order valence-electron chi connectivity index (χ3n) is 2.89. The molecule has 1 N–H and O–H groups in total. The van der Waals surface area contributed by atoms with E-state index in [9.17, 15) is 22.7 Å². The molecule has 21 heavy (non-hydrogen) atoms. The van der Waals surface area contributed by atoms with Crippen LogP contribution in [0.4, 0.5) is 17.6 Å². The van der Waals surface area contributed by atoms with Gasteiger partial charge in [0.15, 0.2) is 0 Å². The molecule has 0 amide bonds. The summed E-state index contributed by atoms with van der Waals surface area (Å²) in [4.78, 5) is 3.84. The number of benzene rings is 1. The lowest BCUT2D eigenvalue weighted by atomic mass is 9.98. The Bertz CT molecular complexity index is 643. The highest BCUT2D eigenvalue weighted by molar-refractivity contribution is 5.40. The van der Waals surface area contributed by atoms with E-state index in [1.807, 2.05) is 0 Å². The quantitative estimate of drug-likeness (QED) is 0.884. The van der Waals surface area contributed by atoms with E-state index in [1.165, 1.54) is 25.4 Å². The number of hydrogen-bond donors (Lipinski definition) is 1. The van der Waals surface area contributed by atoms with Gasteiger partial charge < -0.3 is 9.84 Å². The molecule has 112 valence electrons. The summed E-state index contributed by atoms with van der Waals surface area (Å²) >= 11 is 0. The van der Waals surface area contributed by atoms with Crippen LogP contribution in [0.25, 0.3) is 0 Å². The van der Waals surface area contributed by atoms with Crippen LogP contribution in [0.5, 0.6) is 5.75 Å². The monoisotopic (exact) mass is 301 g/mol. The third kappa shape index (κ3) is 3.13. The van der Waals surface area contributed by atoms with E-state index < -0.39 is 29.2 Å². The molecular weight excluding hydrogens is 290 g/mol. The summed E-state index contributed by atoms with van der Waals surface area (Å²) in [6, 6.07) is 5.06. The number of ether oxygens (including phenoxy) is 1. The Labute approximate surface area is 117 Å². The van der Waals surface area contributed by atoms with E-state index in [2.05, 4.69) is 4.98 Å². The lowest BCUT2D eigenvalue weighted by Gasteiger charge is -2.18. The van der Waals surface area contributed by atoms with Crippen molar-refractivity contribution in [3.8, 4) is 5.75 Å². The fourth-order valence-electron chi connectivity index (χ4n) is 1.94. The van der Waals surface area contributed by atoms with Crippen molar-refractivity contribution in [1.29, 1.82) is 0 Å². The number of aromatic nitrogens is 1. The van der Waals surface area contributed by atoms with Crippen LogP contribution in [0.2, 0.25) is 0 Å². The number of rotatable bonds is 3. The van der Waals surface area contributed by atoms with Gasteiger partial charge in [-0.3, -0.25) is 4.98 Å². The Morgan fingerprint density at radius 1 is 1.24 bits per heavy atom. The molecule has 2 rings (SSSR count). The van der Waals surface area contributed by atoms with Gasteiger partial charge in [0.2, 0.25) is 0 Å². The molecule has 0 saturated heterocycles. The lowest BCUT2D eigenvalue weighted by molar-refractivity contribution is -0.139. The van der Waals surface area contributed by atoms with E-state index in [1.54, 1.807) is 0 Å². The molecule has 1 unspecified atom stereocenters. The van der Waals surface area contributed by atoms with Gasteiger partial charge in [-0.15, -0.1) is 0 Å². The fraction of sp³-hybridized carbons (Fsp3) is 0.214. The molecule has 1 aromatic carbocycles. The highest BCUT2D eigenvalue weighted by atomic mass is 19.4. The van der Waals surface area contributed by atoms with E-state index >= 15 is 0 Å². The van der Waals surface area contributed by atoms with Crippen LogP contribution in [0.1, 0.15) is 22.9 Å². The minimum Gasteiger partial charge on any atom is -0.495 e. The predicted molar refractivity (Wildman–Crippen MR) is 66.3 cm³/mol. The average molecular weight is 301 g/mol. The maximum atomic E-state index is 13.1. The van der Waals surface area contributed by atoms with Gasteiger partial charge in [0, 0.05) is 6.20 Å². The third-order valence-corrected chi connectivity index (χ3v) is 2.89. The second-order valence-corrected chi connectivity index (χ2v) is 4.22. The maximum absolute atomic E-state index is 13.1. The molecule has 0 spiro atoms. The zero-order valence-electron chi connectivity index (χ0n) is 10.9. The van der Waals surface area contributed by atoms with Gasteiger partial charge in [-0.25, -0.2) is 4.39 Å². The molecule has 1 aromatic heterocycles. The summed E-state index contributed by atoms with van der Waals surface area (Å²) in [5.41, 5.74) is -1.80. The Kier molecular flexibility index (Phi) is 4.13. The smallest absolute Gasteiger partial charge is 0.416 e. The Hall–Kier alpha value is -2.15. The maximum Gasteiger partial charge on any atom is 0.416 e. The lowest BCUT2D eigenvalue weighted by Crippen LogP contribution is -2.14. The van der Waals surface area contributed by atoms with Crippen molar-refractivity contribution in [2.24, 2.45) is 0 Å². The Morgan fingerprint density at radius 3 is 2.57 bits per heavy atom. The molecule has 2 aromatic rings. The van der Waals surface area contributed by atoms with Gasteiger partial charge in [0.25, 0.3) is 0 Å². The van der Waals surface area contributed by atoms with Crippen molar-refractivity contribution in [2.45, 2.75) is 12.3 Å². The van der Waals surface area contributed by atoms with Crippen LogP contribution in [0.3, 0.4) is 0 Å². The molecule has 0 aliphatic rings. The van der Waals surface area contributed by atoms with Gasteiger partial charge in [-0.05, 0) is 29.8 Å². The molecule has 1 atom stereocenters. The molecule has 0 saturated carbocycles. The minimum atomic E-state index is -4.79. The molecule has 0 radical (unpaired) electrons. The van der Waals surface area contributed by atoms with Crippen molar-refractivity contribution in [1.82, 2.24) is 4.98 Å². The largest absolute Gasteiger partial charge is 0.495 e. The van der Waals surface area contributed by atoms with Crippen LogP contribution >= 0.6 is 0 Å².